The second-order valence-electron chi connectivity index (χ2n) is 5.28. The van der Waals surface area contributed by atoms with Crippen molar-refractivity contribution in [3.8, 4) is 5.75 Å². The summed E-state index contributed by atoms with van der Waals surface area (Å²) in [5.74, 6) is -1.29. The number of ether oxygens (including phenoxy) is 1. The van der Waals surface area contributed by atoms with Gasteiger partial charge in [0.25, 0.3) is 5.91 Å². The van der Waals surface area contributed by atoms with Gasteiger partial charge in [0.05, 0.1) is 11.3 Å². The fourth-order valence-corrected chi connectivity index (χ4v) is 2.27. The predicted octanol–water partition coefficient (Wildman–Crippen LogP) is 4.64. The number of alkyl halides is 3. The maximum absolute atomic E-state index is 12.5. The second-order valence-corrected chi connectivity index (χ2v) is 5.28. The van der Waals surface area contributed by atoms with Crippen LogP contribution in [-0.2, 0) is 0 Å². The Balaban J connectivity index is 1.82. The van der Waals surface area contributed by atoms with Crippen molar-refractivity contribution in [2.45, 2.75) is 6.36 Å². The summed E-state index contributed by atoms with van der Waals surface area (Å²) in [5, 5.41) is 4.08. The Morgan fingerprint density at radius 1 is 0.962 bits per heavy atom. The van der Waals surface area contributed by atoms with Gasteiger partial charge < -0.3 is 4.74 Å². The molecule has 0 radical (unpaired) electrons. The molecule has 3 aromatic rings. The van der Waals surface area contributed by atoms with E-state index in [0.717, 1.165) is 16.3 Å². The van der Waals surface area contributed by atoms with Crippen molar-refractivity contribution in [1.29, 1.82) is 0 Å². The van der Waals surface area contributed by atoms with Gasteiger partial charge in [0.2, 0.25) is 0 Å². The minimum Gasteiger partial charge on any atom is -0.405 e. The molecule has 132 valence electrons. The summed E-state index contributed by atoms with van der Waals surface area (Å²) in [6.07, 6.45) is 0.0243. The van der Waals surface area contributed by atoms with E-state index in [4.69, 9.17) is 0 Å². The molecule has 4 nitrogen and oxygen atoms in total. The zero-order chi connectivity index (χ0) is 18.6. The van der Waals surface area contributed by atoms with Crippen LogP contribution in [0.1, 0.15) is 21.6 Å². The molecular formula is C19H13F3N2O2. The lowest BCUT2D eigenvalue weighted by Gasteiger charge is -2.12. The van der Waals surface area contributed by atoms with Crippen LogP contribution in [0.15, 0.2) is 66.9 Å². The maximum Gasteiger partial charge on any atom is 0.573 e. The molecule has 3 rings (SSSR count). The lowest BCUT2D eigenvalue weighted by atomic mass is 10.2. The van der Waals surface area contributed by atoms with Gasteiger partial charge in [-0.3, -0.25) is 4.79 Å². The van der Waals surface area contributed by atoms with Crippen LogP contribution in [0.2, 0.25) is 0 Å². The van der Waals surface area contributed by atoms with Crippen molar-refractivity contribution in [3.05, 3.63) is 83.7 Å². The first-order valence-corrected chi connectivity index (χ1v) is 7.61. The zero-order valence-electron chi connectivity index (χ0n) is 13.4. The highest BCUT2D eigenvalue weighted by Gasteiger charge is 2.33. The fourth-order valence-electron chi connectivity index (χ4n) is 2.27. The van der Waals surface area contributed by atoms with Gasteiger partial charge in [-0.25, -0.2) is 4.68 Å². The zero-order valence-corrected chi connectivity index (χ0v) is 13.4. The van der Waals surface area contributed by atoms with E-state index < -0.39 is 18.0 Å². The number of carbonyl (C=O) groups excluding carboxylic acids is 1. The lowest BCUT2D eigenvalue weighted by molar-refractivity contribution is -0.274. The molecule has 0 aliphatic carbocycles. The number of nitrogens with zero attached hydrogens (tertiary/aromatic N) is 2. The van der Waals surface area contributed by atoms with Crippen molar-refractivity contribution in [1.82, 2.24) is 9.78 Å². The first-order valence-electron chi connectivity index (χ1n) is 7.61. The van der Waals surface area contributed by atoms with Crippen molar-refractivity contribution in [2.75, 3.05) is 0 Å². The number of halogens is 3. The van der Waals surface area contributed by atoms with Gasteiger partial charge in [-0.1, -0.05) is 48.5 Å². The minimum absolute atomic E-state index is 0.230. The third kappa shape index (κ3) is 4.38. The number of benzene rings is 2. The summed E-state index contributed by atoms with van der Waals surface area (Å²) in [6, 6.07) is 16.2. The minimum atomic E-state index is -4.88. The Morgan fingerprint density at radius 2 is 1.65 bits per heavy atom. The summed E-state index contributed by atoms with van der Waals surface area (Å²) >= 11 is 0. The van der Waals surface area contributed by atoms with Crippen LogP contribution in [0.25, 0.3) is 12.2 Å². The molecule has 0 spiro atoms. The quantitative estimate of drug-likeness (QED) is 0.682. The molecule has 26 heavy (non-hydrogen) atoms. The average molecular weight is 358 g/mol. The Labute approximate surface area is 147 Å². The van der Waals surface area contributed by atoms with E-state index in [1.54, 1.807) is 12.1 Å². The van der Waals surface area contributed by atoms with Crippen LogP contribution in [0.4, 0.5) is 13.2 Å². The maximum atomic E-state index is 12.5. The molecule has 0 bridgehead atoms. The molecule has 1 aromatic heterocycles. The summed E-state index contributed by atoms with van der Waals surface area (Å²) < 4.78 is 42.4. The van der Waals surface area contributed by atoms with Gasteiger partial charge in [0.1, 0.15) is 5.75 Å². The second kappa shape index (κ2) is 7.26. The highest BCUT2D eigenvalue weighted by molar-refractivity contribution is 5.98. The lowest BCUT2D eigenvalue weighted by Crippen LogP contribution is -2.21. The van der Waals surface area contributed by atoms with Gasteiger partial charge in [0.15, 0.2) is 0 Å². The largest absolute Gasteiger partial charge is 0.573 e. The molecule has 0 atom stereocenters. The monoisotopic (exact) mass is 358 g/mol. The number of carbonyl (C=O) groups is 1. The van der Waals surface area contributed by atoms with E-state index >= 15 is 0 Å². The van der Waals surface area contributed by atoms with Crippen LogP contribution < -0.4 is 4.74 Å². The van der Waals surface area contributed by atoms with Crippen molar-refractivity contribution >= 4 is 18.1 Å². The first kappa shape index (κ1) is 17.5. The van der Waals surface area contributed by atoms with Crippen LogP contribution in [0, 0.1) is 0 Å². The summed E-state index contributed by atoms with van der Waals surface area (Å²) in [6.45, 7) is 0. The fraction of sp³-hybridized carbons (Fsp3) is 0.0526. The molecule has 0 aliphatic rings. The highest BCUT2D eigenvalue weighted by atomic mass is 19.4. The molecule has 0 unspecified atom stereocenters. The van der Waals surface area contributed by atoms with E-state index in [0.29, 0.717) is 5.69 Å². The molecule has 7 heteroatoms. The van der Waals surface area contributed by atoms with Crippen LogP contribution in [0.3, 0.4) is 0 Å². The number of hydrogen-bond donors (Lipinski definition) is 0. The van der Waals surface area contributed by atoms with Gasteiger partial charge >= 0.3 is 6.36 Å². The molecule has 0 saturated carbocycles. The molecule has 0 saturated heterocycles. The number of hydrogen-bond acceptors (Lipinski definition) is 3. The molecule has 0 fully saturated rings. The van der Waals surface area contributed by atoms with Gasteiger partial charge in [-0.2, -0.15) is 5.10 Å². The van der Waals surface area contributed by atoms with Crippen molar-refractivity contribution in [2.24, 2.45) is 0 Å². The molecule has 2 aromatic carbocycles. The third-order valence-electron chi connectivity index (χ3n) is 3.41. The van der Waals surface area contributed by atoms with Gasteiger partial charge in [0, 0.05) is 6.20 Å². The van der Waals surface area contributed by atoms with E-state index in [2.05, 4.69) is 9.84 Å². The molecule has 0 N–H and O–H groups in total. The standard InChI is InChI=1S/C19H13F3N2O2/c20-19(21,22)26-17-9-5-4-8-16(17)18(25)24-13-12-15(23-24)11-10-14-6-2-1-3-7-14/h1-13H. The van der Waals surface area contributed by atoms with E-state index in [1.807, 2.05) is 36.4 Å². The number of aromatic nitrogens is 2. The summed E-state index contributed by atoms with van der Waals surface area (Å²) in [4.78, 5) is 12.5. The highest BCUT2D eigenvalue weighted by Crippen LogP contribution is 2.26. The molecule has 1 heterocycles. The molecule has 0 amide bonds. The summed E-state index contributed by atoms with van der Waals surface area (Å²) in [5.41, 5.74) is 1.22. The molecular weight excluding hydrogens is 345 g/mol. The summed E-state index contributed by atoms with van der Waals surface area (Å²) in [7, 11) is 0. The van der Waals surface area contributed by atoms with Crippen LogP contribution in [0.5, 0.6) is 5.75 Å². The average Bonchev–Trinajstić information content (AvgIpc) is 3.08. The number of para-hydroxylation sites is 1. The van der Waals surface area contributed by atoms with Gasteiger partial charge in [-0.15, -0.1) is 13.2 Å². The van der Waals surface area contributed by atoms with Crippen LogP contribution >= 0.6 is 0 Å². The Hall–Kier alpha value is -3.35. The van der Waals surface area contributed by atoms with E-state index in [1.165, 1.54) is 24.4 Å². The predicted molar refractivity (Wildman–Crippen MR) is 90.5 cm³/mol. The SMILES string of the molecule is O=C(c1ccccc1OC(F)(F)F)n1ccc(C=Cc2ccccc2)n1. The Kier molecular flexibility index (Phi) is 4.88. The van der Waals surface area contributed by atoms with Crippen LogP contribution in [-0.4, -0.2) is 22.1 Å². The smallest absolute Gasteiger partial charge is 0.405 e. The normalized spacial score (nSPS) is 11.7. The number of rotatable bonds is 4. The van der Waals surface area contributed by atoms with Gasteiger partial charge in [-0.05, 0) is 29.8 Å². The van der Waals surface area contributed by atoms with E-state index in [9.17, 15) is 18.0 Å². The third-order valence-corrected chi connectivity index (χ3v) is 3.41. The first-order chi connectivity index (χ1) is 12.4. The molecule has 0 aliphatic heterocycles. The Morgan fingerprint density at radius 3 is 2.38 bits per heavy atom. The topological polar surface area (TPSA) is 44.1 Å². The van der Waals surface area contributed by atoms with Crippen molar-refractivity contribution < 1.29 is 22.7 Å². The Bertz CT molecular complexity index is 931. The van der Waals surface area contributed by atoms with E-state index in [-0.39, 0.29) is 5.56 Å². The van der Waals surface area contributed by atoms with Crippen molar-refractivity contribution in [3.63, 3.8) is 0 Å².